The molecule has 0 saturated heterocycles. The number of nitrogens with one attached hydrogen (secondary N) is 1. The standard InChI is InChI=1S/C21H18FNO3/c1-14(21(25)23-18-11-9-17(22)10-12-18)26-20(24)13-16-7-4-6-15-5-2-3-8-19(15)16/h2-12,14H,13H2,1H3,(H,23,25)/t14-/m0/s1. The van der Waals surface area contributed by atoms with Crippen molar-refractivity contribution in [3.05, 3.63) is 78.1 Å². The van der Waals surface area contributed by atoms with E-state index in [2.05, 4.69) is 5.32 Å². The third-order valence-electron chi connectivity index (χ3n) is 4.00. The van der Waals surface area contributed by atoms with Crippen molar-refractivity contribution in [2.45, 2.75) is 19.4 Å². The second-order valence-corrected chi connectivity index (χ2v) is 5.94. The average Bonchev–Trinajstić information content (AvgIpc) is 2.64. The lowest BCUT2D eigenvalue weighted by Gasteiger charge is -2.14. The first-order chi connectivity index (χ1) is 12.5. The number of amides is 1. The summed E-state index contributed by atoms with van der Waals surface area (Å²) in [5, 5.41) is 4.61. The van der Waals surface area contributed by atoms with E-state index < -0.39 is 23.8 Å². The quantitative estimate of drug-likeness (QED) is 0.705. The Kier molecular flexibility index (Phi) is 5.27. The first-order valence-electron chi connectivity index (χ1n) is 8.25. The zero-order valence-electron chi connectivity index (χ0n) is 14.2. The van der Waals surface area contributed by atoms with E-state index in [1.54, 1.807) is 0 Å². The van der Waals surface area contributed by atoms with Crippen LogP contribution >= 0.6 is 0 Å². The molecule has 3 rings (SSSR count). The van der Waals surface area contributed by atoms with Crippen molar-refractivity contribution >= 4 is 28.3 Å². The number of halogens is 1. The van der Waals surface area contributed by atoms with Crippen LogP contribution in [0.2, 0.25) is 0 Å². The van der Waals surface area contributed by atoms with Crippen molar-refractivity contribution in [2.24, 2.45) is 0 Å². The molecule has 5 heteroatoms. The molecule has 0 fully saturated rings. The number of fused-ring (bicyclic) bond motifs is 1. The van der Waals surface area contributed by atoms with Gasteiger partial charge in [-0.05, 0) is 47.5 Å². The van der Waals surface area contributed by atoms with Crippen molar-refractivity contribution in [2.75, 3.05) is 5.32 Å². The summed E-state index contributed by atoms with van der Waals surface area (Å²) in [5.41, 5.74) is 1.28. The van der Waals surface area contributed by atoms with Crippen LogP contribution in [0.4, 0.5) is 10.1 Å². The minimum atomic E-state index is -0.956. The van der Waals surface area contributed by atoms with Crippen LogP contribution in [-0.2, 0) is 20.7 Å². The van der Waals surface area contributed by atoms with Crippen molar-refractivity contribution in [1.82, 2.24) is 0 Å². The molecule has 0 aliphatic carbocycles. The van der Waals surface area contributed by atoms with Crippen LogP contribution in [0.15, 0.2) is 66.7 Å². The molecule has 0 spiro atoms. The van der Waals surface area contributed by atoms with E-state index in [4.69, 9.17) is 4.74 Å². The van der Waals surface area contributed by atoms with Gasteiger partial charge in [0.25, 0.3) is 5.91 Å². The van der Waals surface area contributed by atoms with Crippen LogP contribution in [0.5, 0.6) is 0 Å². The largest absolute Gasteiger partial charge is 0.452 e. The van der Waals surface area contributed by atoms with Crippen molar-refractivity contribution in [1.29, 1.82) is 0 Å². The van der Waals surface area contributed by atoms with Gasteiger partial charge >= 0.3 is 5.97 Å². The highest BCUT2D eigenvalue weighted by Gasteiger charge is 2.18. The number of carbonyl (C=O) groups excluding carboxylic acids is 2. The van der Waals surface area contributed by atoms with Gasteiger partial charge < -0.3 is 10.1 Å². The van der Waals surface area contributed by atoms with Gasteiger partial charge in [0.2, 0.25) is 0 Å². The predicted molar refractivity (Wildman–Crippen MR) is 98.2 cm³/mol. The van der Waals surface area contributed by atoms with Gasteiger partial charge in [0.05, 0.1) is 6.42 Å². The summed E-state index contributed by atoms with van der Waals surface area (Å²) in [5.74, 6) is -1.34. The smallest absolute Gasteiger partial charge is 0.311 e. The van der Waals surface area contributed by atoms with Crippen LogP contribution in [0, 0.1) is 5.82 Å². The summed E-state index contributed by atoms with van der Waals surface area (Å²) in [4.78, 5) is 24.3. The fourth-order valence-corrected chi connectivity index (χ4v) is 2.67. The Morgan fingerprint density at radius 1 is 1.00 bits per heavy atom. The molecule has 0 bridgehead atoms. The number of anilines is 1. The van der Waals surface area contributed by atoms with Crippen LogP contribution < -0.4 is 5.32 Å². The van der Waals surface area contributed by atoms with Crippen molar-refractivity contribution in [3.63, 3.8) is 0 Å². The van der Waals surface area contributed by atoms with E-state index >= 15 is 0 Å². The number of ether oxygens (including phenoxy) is 1. The van der Waals surface area contributed by atoms with Gasteiger partial charge in [-0.2, -0.15) is 0 Å². The van der Waals surface area contributed by atoms with Gasteiger partial charge in [0, 0.05) is 5.69 Å². The normalized spacial score (nSPS) is 11.8. The van der Waals surface area contributed by atoms with E-state index in [0.29, 0.717) is 5.69 Å². The summed E-state index contributed by atoms with van der Waals surface area (Å²) in [6, 6.07) is 18.9. The molecule has 1 N–H and O–H groups in total. The lowest BCUT2D eigenvalue weighted by molar-refractivity contribution is -0.152. The van der Waals surface area contributed by atoms with Gasteiger partial charge in [-0.15, -0.1) is 0 Å². The maximum absolute atomic E-state index is 12.9. The summed E-state index contributed by atoms with van der Waals surface area (Å²) >= 11 is 0. The topological polar surface area (TPSA) is 55.4 Å². The molecule has 0 unspecified atom stereocenters. The van der Waals surface area contributed by atoms with E-state index in [0.717, 1.165) is 16.3 Å². The Bertz CT molecular complexity index is 932. The Hall–Kier alpha value is -3.21. The number of hydrogen-bond donors (Lipinski definition) is 1. The lowest BCUT2D eigenvalue weighted by Crippen LogP contribution is -2.30. The number of carbonyl (C=O) groups is 2. The molecule has 3 aromatic carbocycles. The minimum absolute atomic E-state index is 0.0789. The second kappa shape index (κ2) is 7.78. The third kappa shape index (κ3) is 4.25. The maximum atomic E-state index is 12.9. The molecule has 26 heavy (non-hydrogen) atoms. The summed E-state index contributed by atoms with van der Waals surface area (Å²) in [6.07, 6.45) is -0.877. The maximum Gasteiger partial charge on any atom is 0.311 e. The van der Waals surface area contributed by atoms with Gasteiger partial charge in [0.15, 0.2) is 6.10 Å². The summed E-state index contributed by atoms with van der Waals surface area (Å²) in [6.45, 7) is 1.50. The number of rotatable bonds is 5. The monoisotopic (exact) mass is 351 g/mol. The first-order valence-corrected chi connectivity index (χ1v) is 8.25. The molecule has 0 aliphatic heterocycles. The molecular weight excluding hydrogens is 333 g/mol. The molecule has 1 atom stereocenters. The Balaban J connectivity index is 1.61. The SMILES string of the molecule is C[C@H](OC(=O)Cc1cccc2ccccc12)C(=O)Nc1ccc(F)cc1. The van der Waals surface area contributed by atoms with Crippen LogP contribution in [0.25, 0.3) is 10.8 Å². The van der Waals surface area contributed by atoms with E-state index in [9.17, 15) is 14.0 Å². The second-order valence-electron chi connectivity index (χ2n) is 5.94. The lowest BCUT2D eigenvalue weighted by atomic mass is 10.0. The van der Waals surface area contributed by atoms with Gasteiger partial charge in [-0.3, -0.25) is 9.59 Å². The van der Waals surface area contributed by atoms with Crippen molar-refractivity contribution < 1.29 is 18.7 Å². The Morgan fingerprint density at radius 3 is 2.46 bits per heavy atom. The zero-order valence-corrected chi connectivity index (χ0v) is 14.2. The van der Waals surface area contributed by atoms with Crippen molar-refractivity contribution in [3.8, 4) is 0 Å². The molecule has 3 aromatic rings. The first kappa shape index (κ1) is 17.6. The zero-order chi connectivity index (χ0) is 18.5. The van der Waals surface area contributed by atoms with E-state index in [1.165, 1.54) is 31.2 Å². The van der Waals surface area contributed by atoms with Crippen LogP contribution in [-0.4, -0.2) is 18.0 Å². The van der Waals surface area contributed by atoms with E-state index in [-0.39, 0.29) is 6.42 Å². The predicted octanol–water partition coefficient (Wildman–Crippen LogP) is 4.09. The number of esters is 1. The summed E-state index contributed by atoms with van der Waals surface area (Å²) < 4.78 is 18.1. The fraction of sp³-hybridized carbons (Fsp3) is 0.143. The molecule has 0 aromatic heterocycles. The molecule has 1 amide bonds. The molecule has 4 nitrogen and oxygen atoms in total. The highest BCUT2D eigenvalue weighted by molar-refractivity contribution is 5.95. The molecular formula is C21H18FNO3. The highest BCUT2D eigenvalue weighted by Crippen LogP contribution is 2.19. The summed E-state index contributed by atoms with van der Waals surface area (Å²) in [7, 11) is 0. The van der Waals surface area contributed by atoms with Crippen LogP contribution in [0.1, 0.15) is 12.5 Å². The van der Waals surface area contributed by atoms with Gasteiger partial charge in [0.1, 0.15) is 5.82 Å². The average molecular weight is 351 g/mol. The number of hydrogen-bond acceptors (Lipinski definition) is 3. The van der Waals surface area contributed by atoms with Gasteiger partial charge in [-0.1, -0.05) is 42.5 Å². The third-order valence-corrected chi connectivity index (χ3v) is 4.00. The van der Waals surface area contributed by atoms with Crippen LogP contribution in [0.3, 0.4) is 0 Å². The van der Waals surface area contributed by atoms with E-state index in [1.807, 2.05) is 42.5 Å². The Labute approximate surface area is 150 Å². The fourth-order valence-electron chi connectivity index (χ4n) is 2.67. The molecule has 0 radical (unpaired) electrons. The minimum Gasteiger partial charge on any atom is -0.452 e. The molecule has 0 aliphatic rings. The molecule has 0 heterocycles. The highest BCUT2D eigenvalue weighted by atomic mass is 19.1. The number of benzene rings is 3. The Morgan fingerprint density at radius 2 is 1.69 bits per heavy atom. The molecule has 0 saturated carbocycles. The molecule has 132 valence electrons. The van der Waals surface area contributed by atoms with Gasteiger partial charge in [-0.25, -0.2) is 4.39 Å².